The van der Waals surface area contributed by atoms with Crippen molar-refractivity contribution >= 4 is 29.1 Å². The number of anilines is 2. The van der Waals surface area contributed by atoms with E-state index in [1.54, 1.807) is 24.3 Å². The lowest BCUT2D eigenvalue weighted by Crippen LogP contribution is -2.28. The van der Waals surface area contributed by atoms with E-state index in [0.29, 0.717) is 11.4 Å². The Kier molecular flexibility index (Phi) is 5.87. The van der Waals surface area contributed by atoms with E-state index in [2.05, 4.69) is 5.32 Å². The Hall–Kier alpha value is -3.35. The molecule has 1 heterocycles. The maximum absolute atomic E-state index is 12.3. The average Bonchev–Trinajstić information content (AvgIpc) is 3.05. The van der Waals surface area contributed by atoms with Crippen LogP contribution in [0.1, 0.15) is 23.1 Å². The molecule has 0 radical (unpaired) electrons. The van der Waals surface area contributed by atoms with Gasteiger partial charge in [-0.15, -0.1) is 0 Å². The summed E-state index contributed by atoms with van der Waals surface area (Å²) in [6, 6.07) is 10.9. The monoisotopic (exact) mass is 395 g/mol. The van der Waals surface area contributed by atoms with Crippen LogP contribution in [0.15, 0.2) is 36.4 Å². The lowest BCUT2D eigenvalue weighted by Gasteiger charge is -2.17. The molecule has 2 aromatic rings. The molecule has 1 aliphatic heterocycles. The van der Waals surface area contributed by atoms with Crippen molar-refractivity contribution in [2.75, 3.05) is 23.4 Å². The van der Waals surface area contributed by atoms with Crippen molar-refractivity contribution in [3.63, 3.8) is 0 Å². The van der Waals surface area contributed by atoms with Gasteiger partial charge in [-0.05, 0) is 56.2 Å². The van der Waals surface area contributed by atoms with E-state index in [4.69, 9.17) is 10.5 Å². The fourth-order valence-electron chi connectivity index (χ4n) is 3.57. The lowest BCUT2D eigenvalue weighted by molar-refractivity contribution is -0.123. The van der Waals surface area contributed by atoms with Gasteiger partial charge in [-0.2, -0.15) is 0 Å². The topological polar surface area (TPSA) is 102 Å². The Morgan fingerprint density at radius 3 is 2.31 bits per heavy atom. The molecule has 1 saturated heterocycles. The summed E-state index contributed by atoms with van der Waals surface area (Å²) < 4.78 is 5.56. The summed E-state index contributed by atoms with van der Waals surface area (Å²) in [4.78, 5) is 37.2. The number of nitrogens with one attached hydrogen (secondary N) is 1. The molecule has 1 fully saturated rings. The Labute approximate surface area is 169 Å². The molecule has 7 nitrogen and oxygen atoms in total. The predicted molar refractivity (Wildman–Crippen MR) is 111 cm³/mol. The third-order valence-electron chi connectivity index (χ3n) is 4.99. The van der Waals surface area contributed by atoms with E-state index >= 15 is 0 Å². The van der Waals surface area contributed by atoms with Crippen LogP contribution in [0, 0.1) is 26.7 Å². The molecule has 1 atom stereocenters. The first-order valence-electron chi connectivity index (χ1n) is 9.45. The van der Waals surface area contributed by atoms with E-state index in [9.17, 15) is 14.4 Å². The number of amides is 3. The Balaban J connectivity index is 1.57. The smallest absolute Gasteiger partial charge is 0.262 e. The Morgan fingerprint density at radius 1 is 1.14 bits per heavy atom. The van der Waals surface area contributed by atoms with E-state index in [1.807, 2.05) is 32.9 Å². The highest BCUT2D eigenvalue weighted by atomic mass is 16.5. The molecule has 0 bridgehead atoms. The van der Waals surface area contributed by atoms with Crippen LogP contribution >= 0.6 is 0 Å². The maximum atomic E-state index is 12.3. The average molecular weight is 395 g/mol. The molecule has 1 aliphatic rings. The van der Waals surface area contributed by atoms with Crippen molar-refractivity contribution in [3.05, 3.63) is 53.1 Å². The minimum atomic E-state index is -0.467. The van der Waals surface area contributed by atoms with E-state index in [-0.39, 0.29) is 31.4 Å². The van der Waals surface area contributed by atoms with Crippen molar-refractivity contribution in [1.29, 1.82) is 0 Å². The summed E-state index contributed by atoms with van der Waals surface area (Å²) >= 11 is 0. The highest BCUT2D eigenvalue weighted by Gasteiger charge is 2.33. The van der Waals surface area contributed by atoms with Crippen LogP contribution in [0.4, 0.5) is 11.4 Å². The largest absolute Gasteiger partial charge is 0.484 e. The third kappa shape index (κ3) is 4.74. The fraction of sp³-hybridized carbons (Fsp3) is 0.318. The molecular formula is C22H25N3O4. The first-order valence-corrected chi connectivity index (χ1v) is 9.45. The zero-order chi connectivity index (χ0) is 21.1. The van der Waals surface area contributed by atoms with Gasteiger partial charge in [-0.25, -0.2) is 0 Å². The fourth-order valence-corrected chi connectivity index (χ4v) is 3.57. The molecular weight excluding hydrogens is 370 g/mol. The second kappa shape index (κ2) is 8.34. The zero-order valence-electron chi connectivity index (χ0n) is 16.8. The molecule has 0 aromatic heterocycles. The van der Waals surface area contributed by atoms with Crippen molar-refractivity contribution in [3.8, 4) is 5.75 Å². The van der Waals surface area contributed by atoms with Gasteiger partial charge in [0.25, 0.3) is 5.91 Å². The maximum Gasteiger partial charge on any atom is 0.262 e. The molecule has 29 heavy (non-hydrogen) atoms. The first-order chi connectivity index (χ1) is 13.7. The highest BCUT2D eigenvalue weighted by molar-refractivity contribution is 6.00. The summed E-state index contributed by atoms with van der Waals surface area (Å²) in [6.07, 6.45) is 0.131. The van der Waals surface area contributed by atoms with Crippen LogP contribution in [-0.2, 0) is 14.4 Å². The number of hydrogen-bond donors (Lipinski definition) is 2. The summed E-state index contributed by atoms with van der Waals surface area (Å²) in [5, 5.41) is 2.89. The van der Waals surface area contributed by atoms with Crippen molar-refractivity contribution < 1.29 is 19.1 Å². The number of benzene rings is 2. The van der Waals surface area contributed by atoms with Crippen molar-refractivity contribution in [2.45, 2.75) is 27.2 Å². The SMILES string of the molecule is Cc1cc(C)c(NC(=O)COc2ccc(N3CC(C(N)=O)CC3=O)cc2)c(C)c1. The van der Waals surface area contributed by atoms with Gasteiger partial charge in [0.05, 0.1) is 5.92 Å². The third-order valence-corrected chi connectivity index (χ3v) is 4.99. The molecule has 7 heteroatoms. The Bertz CT molecular complexity index is 930. The minimum Gasteiger partial charge on any atom is -0.484 e. The predicted octanol–water partition coefficient (Wildman–Crippen LogP) is 2.47. The lowest BCUT2D eigenvalue weighted by atomic mass is 10.1. The second-order valence-electron chi connectivity index (χ2n) is 7.41. The second-order valence-corrected chi connectivity index (χ2v) is 7.41. The molecule has 2 aromatic carbocycles. The molecule has 0 aliphatic carbocycles. The Morgan fingerprint density at radius 2 is 1.76 bits per heavy atom. The van der Waals surface area contributed by atoms with Crippen LogP contribution in [0.5, 0.6) is 5.75 Å². The van der Waals surface area contributed by atoms with Crippen LogP contribution in [0.2, 0.25) is 0 Å². The molecule has 3 amide bonds. The number of ether oxygens (including phenoxy) is 1. The number of hydrogen-bond acceptors (Lipinski definition) is 4. The minimum absolute atomic E-state index is 0.126. The summed E-state index contributed by atoms with van der Waals surface area (Å²) in [6.45, 7) is 6.09. The van der Waals surface area contributed by atoms with Gasteiger partial charge in [-0.3, -0.25) is 14.4 Å². The zero-order valence-corrected chi connectivity index (χ0v) is 16.8. The van der Waals surface area contributed by atoms with Gasteiger partial charge < -0.3 is 20.7 Å². The molecule has 3 N–H and O–H groups in total. The number of rotatable bonds is 6. The molecule has 3 rings (SSSR count). The number of primary amides is 1. The van der Waals surface area contributed by atoms with E-state index < -0.39 is 11.8 Å². The van der Waals surface area contributed by atoms with Crippen molar-refractivity contribution in [1.82, 2.24) is 0 Å². The van der Waals surface area contributed by atoms with Crippen molar-refractivity contribution in [2.24, 2.45) is 11.7 Å². The summed E-state index contributed by atoms with van der Waals surface area (Å²) in [5.74, 6) is -0.796. The molecule has 152 valence electrons. The normalized spacial score (nSPS) is 16.0. The summed E-state index contributed by atoms with van der Waals surface area (Å²) in [5.41, 5.74) is 9.92. The molecule has 0 spiro atoms. The van der Waals surface area contributed by atoms with Gasteiger partial charge in [0, 0.05) is 24.3 Å². The number of nitrogens with two attached hydrogens (primary N) is 1. The van der Waals surface area contributed by atoms with Crippen LogP contribution in [-0.4, -0.2) is 30.9 Å². The van der Waals surface area contributed by atoms with Gasteiger partial charge in [0.1, 0.15) is 5.75 Å². The van der Waals surface area contributed by atoms with E-state index in [0.717, 1.165) is 22.4 Å². The number of aryl methyl sites for hydroxylation is 3. The van der Waals surface area contributed by atoms with Crippen LogP contribution in [0.3, 0.4) is 0 Å². The van der Waals surface area contributed by atoms with Gasteiger partial charge in [0.2, 0.25) is 11.8 Å². The number of carbonyl (C=O) groups excluding carboxylic acids is 3. The van der Waals surface area contributed by atoms with Gasteiger partial charge in [-0.1, -0.05) is 17.7 Å². The first kappa shape index (κ1) is 20.4. The molecule has 1 unspecified atom stereocenters. The van der Waals surface area contributed by atoms with Crippen LogP contribution < -0.4 is 20.7 Å². The molecule has 0 saturated carbocycles. The number of nitrogens with zero attached hydrogens (tertiary/aromatic N) is 1. The summed E-state index contributed by atoms with van der Waals surface area (Å²) in [7, 11) is 0. The standard InChI is InChI=1S/C22H25N3O4/c1-13-8-14(2)21(15(3)9-13)24-19(26)12-29-18-6-4-17(5-7-18)25-11-16(22(23)28)10-20(25)27/h4-9,16H,10-12H2,1-3H3,(H2,23,28)(H,24,26). The van der Waals surface area contributed by atoms with E-state index in [1.165, 1.54) is 4.90 Å². The van der Waals surface area contributed by atoms with Gasteiger partial charge >= 0.3 is 0 Å². The number of carbonyl (C=O) groups is 3. The van der Waals surface area contributed by atoms with Gasteiger partial charge in [0.15, 0.2) is 6.61 Å². The highest BCUT2D eigenvalue weighted by Crippen LogP contribution is 2.27. The van der Waals surface area contributed by atoms with Crippen LogP contribution in [0.25, 0.3) is 0 Å². The quantitative estimate of drug-likeness (QED) is 0.784.